The van der Waals surface area contributed by atoms with Gasteiger partial charge in [0, 0.05) is 12.1 Å². The van der Waals surface area contributed by atoms with Gasteiger partial charge in [-0.3, -0.25) is 9.59 Å². The number of hydrogen-bond acceptors (Lipinski definition) is 5. The second-order valence-corrected chi connectivity index (χ2v) is 8.37. The Morgan fingerprint density at radius 3 is 2.71 bits per heavy atom. The molecule has 1 aromatic rings. The fourth-order valence-corrected chi connectivity index (χ4v) is 4.71. The number of aryl methyl sites for hydroxylation is 2. The van der Waals surface area contributed by atoms with Crippen LogP contribution in [0.25, 0.3) is 0 Å². The Labute approximate surface area is 142 Å². The predicted octanol–water partition coefficient (Wildman–Crippen LogP) is 1.86. The average molecular weight is 353 g/mol. The number of sulfone groups is 1. The normalized spacial score (nSPS) is 19.0. The molecule has 1 N–H and O–H groups in total. The standard InChI is InChI=1S/C17H23NO5S/c1-3-14-6-4-5-12(2)17(14)18-15(19)10-23-16(20)9-13-7-8-24(21,22)11-13/h4-6,13H,3,7-11H2,1-2H3,(H,18,19)/t13-/m0/s1. The molecular weight excluding hydrogens is 330 g/mol. The zero-order chi connectivity index (χ0) is 17.7. The first-order valence-corrected chi connectivity index (χ1v) is 9.87. The van der Waals surface area contributed by atoms with Crippen molar-refractivity contribution in [3.05, 3.63) is 29.3 Å². The van der Waals surface area contributed by atoms with Gasteiger partial charge < -0.3 is 10.1 Å². The highest BCUT2D eigenvalue weighted by Crippen LogP contribution is 2.22. The van der Waals surface area contributed by atoms with Crippen LogP contribution in [0.5, 0.6) is 0 Å². The molecule has 0 aliphatic carbocycles. The van der Waals surface area contributed by atoms with E-state index in [2.05, 4.69) is 5.32 Å². The molecule has 0 radical (unpaired) electrons. The average Bonchev–Trinajstić information content (AvgIpc) is 2.86. The summed E-state index contributed by atoms with van der Waals surface area (Å²) in [6.07, 6.45) is 1.30. The number of carbonyl (C=O) groups excluding carboxylic acids is 2. The van der Waals surface area contributed by atoms with Gasteiger partial charge in [-0.25, -0.2) is 8.42 Å². The van der Waals surface area contributed by atoms with E-state index in [0.717, 1.165) is 23.2 Å². The molecule has 6 nitrogen and oxygen atoms in total. The summed E-state index contributed by atoms with van der Waals surface area (Å²) in [5.41, 5.74) is 2.72. The molecule has 1 fully saturated rings. The van der Waals surface area contributed by atoms with Crippen LogP contribution in [0.1, 0.15) is 30.9 Å². The van der Waals surface area contributed by atoms with E-state index in [4.69, 9.17) is 4.74 Å². The van der Waals surface area contributed by atoms with E-state index in [9.17, 15) is 18.0 Å². The van der Waals surface area contributed by atoms with Crippen molar-refractivity contribution in [1.82, 2.24) is 0 Å². The molecule has 132 valence electrons. The lowest BCUT2D eigenvalue weighted by Crippen LogP contribution is -2.23. The van der Waals surface area contributed by atoms with Gasteiger partial charge >= 0.3 is 5.97 Å². The number of hydrogen-bond donors (Lipinski definition) is 1. The first-order chi connectivity index (χ1) is 11.3. The first-order valence-electron chi connectivity index (χ1n) is 8.05. The summed E-state index contributed by atoms with van der Waals surface area (Å²) in [5.74, 6) is -0.983. The fourth-order valence-electron chi connectivity index (χ4n) is 2.85. The van der Waals surface area contributed by atoms with Crippen molar-refractivity contribution in [2.24, 2.45) is 5.92 Å². The number of para-hydroxylation sites is 1. The fraction of sp³-hybridized carbons (Fsp3) is 0.529. The van der Waals surface area contributed by atoms with Gasteiger partial charge in [0.15, 0.2) is 16.4 Å². The number of anilines is 1. The maximum Gasteiger partial charge on any atom is 0.306 e. The molecule has 1 aliphatic rings. The second kappa shape index (κ2) is 7.79. The molecule has 1 saturated heterocycles. The van der Waals surface area contributed by atoms with Gasteiger partial charge in [0.1, 0.15) is 0 Å². The maximum atomic E-state index is 12.0. The second-order valence-electron chi connectivity index (χ2n) is 6.14. The summed E-state index contributed by atoms with van der Waals surface area (Å²) in [4.78, 5) is 23.8. The summed E-state index contributed by atoms with van der Waals surface area (Å²) >= 11 is 0. The van der Waals surface area contributed by atoms with E-state index in [1.807, 2.05) is 32.0 Å². The lowest BCUT2D eigenvalue weighted by Gasteiger charge is -2.13. The molecule has 1 aliphatic heterocycles. The molecule has 1 heterocycles. The van der Waals surface area contributed by atoms with E-state index in [1.165, 1.54) is 0 Å². The third-order valence-corrected chi connectivity index (χ3v) is 5.99. The highest BCUT2D eigenvalue weighted by molar-refractivity contribution is 7.91. The van der Waals surface area contributed by atoms with Crippen LogP contribution in [0.4, 0.5) is 5.69 Å². The van der Waals surface area contributed by atoms with Gasteiger partial charge in [-0.15, -0.1) is 0 Å². The SMILES string of the molecule is CCc1cccc(C)c1NC(=O)COC(=O)C[C@@H]1CCS(=O)(=O)C1. The van der Waals surface area contributed by atoms with E-state index < -0.39 is 21.7 Å². The Hall–Kier alpha value is -1.89. The number of ether oxygens (including phenoxy) is 1. The molecule has 0 unspecified atom stereocenters. The monoisotopic (exact) mass is 353 g/mol. The summed E-state index contributed by atoms with van der Waals surface area (Å²) in [5, 5.41) is 2.78. The van der Waals surface area contributed by atoms with Crippen LogP contribution in [0.3, 0.4) is 0 Å². The molecule has 1 aromatic carbocycles. The highest BCUT2D eigenvalue weighted by atomic mass is 32.2. The Morgan fingerprint density at radius 2 is 2.08 bits per heavy atom. The summed E-state index contributed by atoms with van der Waals surface area (Å²) in [6, 6.07) is 5.77. The van der Waals surface area contributed by atoms with E-state index >= 15 is 0 Å². The molecule has 7 heteroatoms. The molecule has 0 spiro atoms. The van der Waals surface area contributed by atoms with Gasteiger partial charge in [-0.2, -0.15) is 0 Å². The minimum atomic E-state index is -3.01. The maximum absolute atomic E-state index is 12.0. The van der Waals surface area contributed by atoms with E-state index in [1.54, 1.807) is 0 Å². The molecule has 0 aromatic heterocycles. The van der Waals surface area contributed by atoms with Crippen LogP contribution in [-0.2, 0) is 30.6 Å². The minimum Gasteiger partial charge on any atom is -0.456 e. The third kappa shape index (κ3) is 5.06. The van der Waals surface area contributed by atoms with Crippen molar-refractivity contribution in [2.75, 3.05) is 23.4 Å². The van der Waals surface area contributed by atoms with E-state index in [-0.39, 0.29) is 30.5 Å². The lowest BCUT2D eigenvalue weighted by molar-refractivity contribution is -0.148. The summed E-state index contributed by atoms with van der Waals surface area (Å²) < 4.78 is 27.7. The van der Waals surface area contributed by atoms with Crippen molar-refractivity contribution in [3.8, 4) is 0 Å². The Kier molecular flexibility index (Phi) is 5.99. The predicted molar refractivity (Wildman–Crippen MR) is 91.5 cm³/mol. The van der Waals surface area contributed by atoms with Gasteiger partial charge in [0.2, 0.25) is 0 Å². The minimum absolute atomic E-state index is 0.0252. The lowest BCUT2D eigenvalue weighted by atomic mass is 10.1. The van der Waals surface area contributed by atoms with Crippen LogP contribution in [0, 0.1) is 12.8 Å². The number of carbonyl (C=O) groups is 2. The van der Waals surface area contributed by atoms with Gasteiger partial charge in [0.05, 0.1) is 11.5 Å². The van der Waals surface area contributed by atoms with Gasteiger partial charge in [-0.1, -0.05) is 25.1 Å². The Morgan fingerprint density at radius 1 is 1.33 bits per heavy atom. The Bertz CT molecular complexity index is 726. The summed E-state index contributed by atoms with van der Waals surface area (Å²) in [7, 11) is -3.01. The van der Waals surface area contributed by atoms with Crippen molar-refractivity contribution in [3.63, 3.8) is 0 Å². The van der Waals surface area contributed by atoms with Crippen molar-refractivity contribution in [2.45, 2.75) is 33.1 Å². The zero-order valence-corrected chi connectivity index (χ0v) is 14.8. The van der Waals surface area contributed by atoms with Crippen LogP contribution in [0.15, 0.2) is 18.2 Å². The first kappa shape index (κ1) is 18.4. The molecular formula is C17H23NO5S. The van der Waals surface area contributed by atoms with Crippen LogP contribution < -0.4 is 5.32 Å². The zero-order valence-electron chi connectivity index (χ0n) is 14.0. The van der Waals surface area contributed by atoms with Crippen LogP contribution in [0.2, 0.25) is 0 Å². The topological polar surface area (TPSA) is 89.5 Å². The van der Waals surface area contributed by atoms with Gasteiger partial charge in [0.25, 0.3) is 5.91 Å². The summed E-state index contributed by atoms with van der Waals surface area (Å²) in [6.45, 7) is 3.54. The quantitative estimate of drug-likeness (QED) is 0.789. The smallest absolute Gasteiger partial charge is 0.306 e. The van der Waals surface area contributed by atoms with Crippen LogP contribution in [-0.4, -0.2) is 38.4 Å². The van der Waals surface area contributed by atoms with Crippen molar-refractivity contribution >= 4 is 27.4 Å². The van der Waals surface area contributed by atoms with Crippen molar-refractivity contribution in [1.29, 1.82) is 0 Å². The molecule has 1 atom stereocenters. The number of amides is 1. The molecule has 0 bridgehead atoms. The molecule has 2 rings (SSSR count). The third-order valence-electron chi connectivity index (χ3n) is 4.15. The number of nitrogens with one attached hydrogen (secondary N) is 1. The molecule has 1 amide bonds. The number of esters is 1. The molecule has 24 heavy (non-hydrogen) atoms. The number of benzene rings is 1. The van der Waals surface area contributed by atoms with Gasteiger partial charge in [-0.05, 0) is 36.8 Å². The highest BCUT2D eigenvalue weighted by Gasteiger charge is 2.30. The van der Waals surface area contributed by atoms with Crippen molar-refractivity contribution < 1.29 is 22.7 Å². The van der Waals surface area contributed by atoms with E-state index in [0.29, 0.717) is 6.42 Å². The van der Waals surface area contributed by atoms with Crippen LogP contribution >= 0.6 is 0 Å². The molecule has 0 saturated carbocycles. The number of rotatable bonds is 6. The Balaban J connectivity index is 1.82. The largest absolute Gasteiger partial charge is 0.456 e.